The number of ether oxygens (including phenoxy) is 1. The molecule has 0 fully saturated rings. The van der Waals surface area contributed by atoms with Gasteiger partial charge < -0.3 is 9.84 Å². The van der Waals surface area contributed by atoms with E-state index in [1.807, 2.05) is 38.1 Å². The third-order valence-electron chi connectivity index (χ3n) is 5.36. The normalized spacial score (nSPS) is 15.7. The van der Waals surface area contributed by atoms with E-state index in [-0.39, 0.29) is 24.3 Å². The molecule has 0 bridgehead atoms. The SMILES string of the molecule is Cc1cccc(S(=O)(=O)N2C[C@H](CCC(=O)O)Oc3ccc(-c4cc(C)ccn4)cc32)c1. The summed E-state index contributed by atoms with van der Waals surface area (Å²) < 4.78 is 34.6. The highest BCUT2D eigenvalue weighted by atomic mass is 32.2. The van der Waals surface area contributed by atoms with Gasteiger partial charge in [0.25, 0.3) is 10.0 Å². The van der Waals surface area contributed by atoms with E-state index in [0.717, 1.165) is 22.4 Å². The second-order valence-electron chi connectivity index (χ2n) is 7.93. The zero-order valence-corrected chi connectivity index (χ0v) is 18.7. The predicted octanol–water partition coefficient (Wildman–Crippen LogP) is 4.19. The third kappa shape index (κ3) is 4.45. The largest absolute Gasteiger partial charge is 0.486 e. The van der Waals surface area contributed by atoms with Crippen LogP contribution in [0.3, 0.4) is 0 Å². The Kier molecular flexibility index (Phi) is 5.88. The number of sulfonamides is 1. The molecule has 1 aliphatic heterocycles. The van der Waals surface area contributed by atoms with Crippen molar-refractivity contribution in [1.82, 2.24) is 4.98 Å². The molecule has 7 nitrogen and oxygen atoms in total. The number of nitrogens with zero attached hydrogens (tertiary/aromatic N) is 2. The van der Waals surface area contributed by atoms with Gasteiger partial charge in [0.05, 0.1) is 22.8 Å². The minimum absolute atomic E-state index is 0.0290. The lowest BCUT2D eigenvalue weighted by Crippen LogP contribution is -2.43. The highest BCUT2D eigenvalue weighted by Crippen LogP contribution is 2.40. The molecule has 0 saturated heterocycles. The molecule has 4 rings (SSSR count). The Labute approximate surface area is 187 Å². The van der Waals surface area contributed by atoms with E-state index in [4.69, 9.17) is 9.84 Å². The second kappa shape index (κ2) is 8.63. The second-order valence-corrected chi connectivity index (χ2v) is 9.79. The number of carboxylic acids is 1. The average molecular weight is 453 g/mol. The minimum atomic E-state index is -3.89. The number of aryl methyl sites for hydroxylation is 2. The quantitative estimate of drug-likeness (QED) is 0.602. The van der Waals surface area contributed by atoms with Gasteiger partial charge in [-0.05, 0) is 73.9 Å². The molecule has 2 heterocycles. The summed E-state index contributed by atoms with van der Waals surface area (Å²) in [7, 11) is -3.89. The Hall–Kier alpha value is -3.39. The van der Waals surface area contributed by atoms with Crippen LogP contribution in [-0.4, -0.2) is 37.1 Å². The highest BCUT2D eigenvalue weighted by Gasteiger charge is 2.35. The van der Waals surface area contributed by atoms with E-state index < -0.39 is 22.1 Å². The monoisotopic (exact) mass is 452 g/mol. The lowest BCUT2D eigenvalue weighted by molar-refractivity contribution is -0.137. The van der Waals surface area contributed by atoms with E-state index in [9.17, 15) is 13.2 Å². The lowest BCUT2D eigenvalue weighted by Gasteiger charge is -2.35. The van der Waals surface area contributed by atoms with Crippen LogP contribution in [0.1, 0.15) is 24.0 Å². The van der Waals surface area contributed by atoms with Crippen molar-refractivity contribution in [2.45, 2.75) is 37.7 Å². The maximum Gasteiger partial charge on any atom is 0.303 e. The Morgan fingerprint density at radius 2 is 1.91 bits per heavy atom. The number of hydrogen-bond donors (Lipinski definition) is 1. The summed E-state index contributed by atoms with van der Waals surface area (Å²) in [6.07, 6.45) is 1.24. The highest BCUT2D eigenvalue weighted by molar-refractivity contribution is 7.92. The van der Waals surface area contributed by atoms with Crippen LogP contribution in [0.25, 0.3) is 11.3 Å². The molecule has 0 unspecified atom stereocenters. The summed E-state index contributed by atoms with van der Waals surface area (Å²) in [5.41, 5.74) is 3.79. The van der Waals surface area contributed by atoms with Crippen molar-refractivity contribution in [2.75, 3.05) is 10.8 Å². The molecule has 2 aromatic carbocycles. The van der Waals surface area contributed by atoms with Crippen LogP contribution in [-0.2, 0) is 14.8 Å². The van der Waals surface area contributed by atoms with E-state index in [0.29, 0.717) is 11.4 Å². The first-order chi connectivity index (χ1) is 15.2. The van der Waals surface area contributed by atoms with Gasteiger partial charge in [0.1, 0.15) is 11.9 Å². The number of carbonyl (C=O) groups is 1. The molecule has 0 spiro atoms. The smallest absolute Gasteiger partial charge is 0.303 e. The van der Waals surface area contributed by atoms with Crippen LogP contribution in [0.15, 0.2) is 65.7 Å². The number of hydrogen-bond acceptors (Lipinski definition) is 5. The Balaban J connectivity index is 1.80. The summed E-state index contributed by atoms with van der Waals surface area (Å²) in [4.78, 5) is 15.6. The van der Waals surface area contributed by atoms with Crippen molar-refractivity contribution >= 4 is 21.7 Å². The van der Waals surface area contributed by atoms with Crippen LogP contribution in [0, 0.1) is 13.8 Å². The number of carboxylic acid groups (broad SMARTS) is 1. The predicted molar refractivity (Wildman–Crippen MR) is 121 cm³/mol. The molecular weight excluding hydrogens is 428 g/mol. The van der Waals surface area contributed by atoms with E-state index in [1.165, 1.54) is 4.31 Å². The fourth-order valence-electron chi connectivity index (χ4n) is 3.73. The first kappa shape index (κ1) is 21.8. The molecule has 1 aliphatic rings. The number of rotatable bonds is 6. The van der Waals surface area contributed by atoms with E-state index >= 15 is 0 Å². The first-order valence-electron chi connectivity index (χ1n) is 10.3. The molecule has 1 atom stereocenters. The summed E-state index contributed by atoms with van der Waals surface area (Å²) in [5, 5.41) is 9.06. The molecule has 3 aromatic rings. The van der Waals surface area contributed by atoms with Gasteiger partial charge in [0.15, 0.2) is 0 Å². The molecule has 1 aromatic heterocycles. The average Bonchev–Trinajstić information content (AvgIpc) is 2.76. The maximum absolute atomic E-state index is 13.6. The number of aliphatic carboxylic acids is 1. The zero-order chi connectivity index (χ0) is 22.9. The van der Waals surface area contributed by atoms with Crippen molar-refractivity contribution in [2.24, 2.45) is 0 Å². The summed E-state index contributed by atoms with van der Waals surface area (Å²) in [5.74, 6) is -0.548. The standard InChI is InChI=1S/C24H24N2O5S/c1-16-4-3-5-20(12-16)32(29,30)26-15-19(7-9-24(27)28)31-23-8-6-18(14-22(23)26)21-13-17(2)10-11-25-21/h3-6,8,10-14,19H,7,9,15H2,1-2H3,(H,27,28)/t19-/m0/s1. The van der Waals surface area contributed by atoms with Gasteiger partial charge in [-0.25, -0.2) is 8.42 Å². The minimum Gasteiger partial charge on any atom is -0.486 e. The van der Waals surface area contributed by atoms with Crippen molar-refractivity contribution in [3.8, 4) is 17.0 Å². The molecule has 0 amide bonds. The number of aromatic nitrogens is 1. The summed E-state index contributed by atoms with van der Waals surface area (Å²) >= 11 is 0. The van der Waals surface area contributed by atoms with Crippen molar-refractivity contribution < 1.29 is 23.1 Å². The molecule has 1 N–H and O–H groups in total. The number of benzene rings is 2. The molecule has 0 aliphatic carbocycles. The fraction of sp³-hybridized carbons (Fsp3) is 0.250. The van der Waals surface area contributed by atoms with Gasteiger partial charge >= 0.3 is 5.97 Å². The number of fused-ring (bicyclic) bond motifs is 1. The van der Waals surface area contributed by atoms with Crippen LogP contribution in [0.5, 0.6) is 5.75 Å². The summed E-state index contributed by atoms with van der Waals surface area (Å²) in [6.45, 7) is 3.83. The Morgan fingerprint density at radius 3 is 2.62 bits per heavy atom. The van der Waals surface area contributed by atoms with Crippen LogP contribution < -0.4 is 9.04 Å². The fourth-order valence-corrected chi connectivity index (χ4v) is 5.33. The number of anilines is 1. The molecular formula is C24H24N2O5S. The molecule has 0 radical (unpaired) electrons. The summed E-state index contributed by atoms with van der Waals surface area (Å²) in [6, 6.07) is 15.9. The van der Waals surface area contributed by atoms with Gasteiger partial charge in [-0.2, -0.15) is 0 Å². The van der Waals surface area contributed by atoms with Gasteiger partial charge in [0, 0.05) is 18.2 Å². The lowest BCUT2D eigenvalue weighted by atomic mass is 10.1. The van der Waals surface area contributed by atoms with Crippen LogP contribution >= 0.6 is 0 Å². The third-order valence-corrected chi connectivity index (χ3v) is 7.14. The maximum atomic E-state index is 13.6. The number of pyridine rings is 1. The van der Waals surface area contributed by atoms with Gasteiger partial charge in [-0.15, -0.1) is 0 Å². The first-order valence-corrected chi connectivity index (χ1v) is 11.7. The van der Waals surface area contributed by atoms with Crippen molar-refractivity contribution in [1.29, 1.82) is 0 Å². The van der Waals surface area contributed by atoms with Crippen LogP contribution in [0.4, 0.5) is 5.69 Å². The van der Waals surface area contributed by atoms with E-state index in [1.54, 1.807) is 36.5 Å². The molecule has 166 valence electrons. The van der Waals surface area contributed by atoms with Gasteiger partial charge in [-0.3, -0.25) is 14.1 Å². The van der Waals surface area contributed by atoms with Crippen molar-refractivity contribution in [3.05, 3.63) is 71.9 Å². The molecule has 0 saturated carbocycles. The van der Waals surface area contributed by atoms with Gasteiger partial charge in [-0.1, -0.05) is 12.1 Å². The zero-order valence-electron chi connectivity index (χ0n) is 17.9. The van der Waals surface area contributed by atoms with Crippen molar-refractivity contribution in [3.63, 3.8) is 0 Å². The van der Waals surface area contributed by atoms with E-state index in [2.05, 4.69) is 4.98 Å². The molecule has 32 heavy (non-hydrogen) atoms. The Morgan fingerprint density at radius 1 is 1.12 bits per heavy atom. The topological polar surface area (TPSA) is 96.8 Å². The Bertz CT molecular complexity index is 1270. The van der Waals surface area contributed by atoms with Gasteiger partial charge in [0.2, 0.25) is 0 Å². The molecule has 8 heteroatoms. The van der Waals surface area contributed by atoms with Crippen LogP contribution in [0.2, 0.25) is 0 Å².